The zero-order chi connectivity index (χ0) is 13.3. The third kappa shape index (κ3) is 2.21. The third-order valence-electron chi connectivity index (χ3n) is 2.25. The van der Waals surface area contributed by atoms with Gasteiger partial charge in [0.2, 0.25) is 5.96 Å². The van der Waals surface area contributed by atoms with E-state index in [1.54, 1.807) is 12.1 Å². The van der Waals surface area contributed by atoms with Crippen LogP contribution in [0.5, 0.6) is 0 Å². The Labute approximate surface area is 107 Å². The molecule has 7 nitrogen and oxygen atoms in total. The summed E-state index contributed by atoms with van der Waals surface area (Å²) in [4.78, 5) is 19.1. The highest BCUT2D eigenvalue weighted by Crippen LogP contribution is 2.35. The number of guanidine groups is 2. The summed E-state index contributed by atoms with van der Waals surface area (Å²) < 4.78 is 4.89. The highest BCUT2D eigenvalue weighted by Gasteiger charge is 2.26. The average Bonchev–Trinajstić information content (AvgIpc) is 2.64. The van der Waals surface area contributed by atoms with Crippen LogP contribution in [0, 0.1) is 0 Å². The van der Waals surface area contributed by atoms with Crippen LogP contribution in [0.15, 0.2) is 22.1 Å². The van der Waals surface area contributed by atoms with Gasteiger partial charge in [0, 0.05) is 5.56 Å². The fraction of sp³-hybridized carbons (Fsp3) is 0.100. The van der Waals surface area contributed by atoms with Crippen molar-refractivity contribution in [2.24, 2.45) is 27.2 Å². The molecule has 0 unspecified atom stereocenters. The number of fused-ring (bicyclic) bond motifs is 1. The van der Waals surface area contributed by atoms with Crippen molar-refractivity contribution in [3.8, 4) is 0 Å². The van der Waals surface area contributed by atoms with E-state index in [-0.39, 0.29) is 34.8 Å². The predicted molar refractivity (Wildman–Crippen MR) is 67.7 cm³/mol. The maximum Gasteiger partial charge on any atom is 0.341 e. The lowest BCUT2D eigenvalue weighted by Gasteiger charge is -2.03. The number of cyclic esters (lactones) is 1. The van der Waals surface area contributed by atoms with Gasteiger partial charge >= 0.3 is 5.97 Å². The topological polar surface area (TPSA) is 129 Å². The summed E-state index contributed by atoms with van der Waals surface area (Å²) in [6.07, 6.45) is 0. The number of rotatable bonds is 1. The number of hydrogen-bond acceptors (Lipinski definition) is 3. The van der Waals surface area contributed by atoms with Crippen molar-refractivity contribution in [1.29, 1.82) is 0 Å². The van der Waals surface area contributed by atoms with Crippen molar-refractivity contribution in [3.63, 3.8) is 0 Å². The van der Waals surface area contributed by atoms with E-state index >= 15 is 0 Å². The SMILES string of the molecule is NC(N)=NC(N)=Nc1c(Cl)ccc2c1C(=O)OC2. The molecule has 6 N–H and O–H groups in total. The first-order valence-corrected chi connectivity index (χ1v) is 5.29. The number of halogens is 1. The molecule has 18 heavy (non-hydrogen) atoms. The van der Waals surface area contributed by atoms with E-state index in [0.717, 1.165) is 0 Å². The van der Waals surface area contributed by atoms with Gasteiger partial charge in [0.1, 0.15) is 12.3 Å². The third-order valence-corrected chi connectivity index (χ3v) is 2.55. The second-order valence-electron chi connectivity index (χ2n) is 3.51. The highest BCUT2D eigenvalue weighted by molar-refractivity contribution is 6.34. The summed E-state index contributed by atoms with van der Waals surface area (Å²) >= 11 is 5.97. The van der Waals surface area contributed by atoms with E-state index in [4.69, 9.17) is 33.5 Å². The minimum absolute atomic E-state index is 0.190. The van der Waals surface area contributed by atoms with Gasteiger partial charge in [-0.05, 0) is 6.07 Å². The van der Waals surface area contributed by atoms with Gasteiger partial charge in [0.25, 0.3) is 0 Å². The summed E-state index contributed by atoms with van der Waals surface area (Å²) in [5.74, 6) is -0.920. The Balaban J connectivity index is 2.55. The summed E-state index contributed by atoms with van der Waals surface area (Å²) in [5, 5.41) is 0.265. The second kappa shape index (κ2) is 4.53. The first-order chi connectivity index (χ1) is 8.49. The summed E-state index contributed by atoms with van der Waals surface area (Å²) in [5.41, 5.74) is 17.0. The number of nitrogens with two attached hydrogens (primary N) is 3. The molecule has 0 aliphatic carbocycles. The normalized spacial score (nSPS) is 14.1. The molecule has 94 valence electrons. The Morgan fingerprint density at radius 2 is 2.06 bits per heavy atom. The molecule has 2 rings (SSSR count). The smallest absolute Gasteiger partial charge is 0.341 e. The van der Waals surface area contributed by atoms with E-state index in [0.29, 0.717) is 5.56 Å². The standard InChI is InChI=1S/C10H10ClN5O2/c11-5-2-1-4-3-18-8(17)6(4)7(5)15-10(14)16-9(12)13/h1-2H,3H2,(H6,12,13,14,15,16). The number of aliphatic imine (C=N–C) groups is 2. The molecule has 0 bridgehead atoms. The lowest BCUT2D eigenvalue weighted by molar-refractivity contribution is 0.0535. The molecule has 1 heterocycles. The Morgan fingerprint density at radius 3 is 2.72 bits per heavy atom. The number of carbonyl (C=O) groups excluding carboxylic acids is 1. The molecule has 0 atom stereocenters. The fourth-order valence-corrected chi connectivity index (χ4v) is 1.75. The highest BCUT2D eigenvalue weighted by atomic mass is 35.5. The summed E-state index contributed by atoms with van der Waals surface area (Å²) in [6, 6.07) is 3.29. The van der Waals surface area contributed by atoms with Crippen LogP contribution in [0.2, 0.25) is 5.02 Å². The van der Waals surface area contributed by atoms with Crippen LogP contribution in [-0.4, -0.2) is 17.9 Å². The molecular formula is C10H10ClN5O2. The second-order valence-corrected chi connectivity index (χ2v) is 3.92. The Hall–Kier alpha value is -2.28. The van der Waals surface area contributed by atoms with Crippen molar-refractivity contribution in [2.45, 2.75) is 6.61 Å². The van der Waals surface area contributed by atoms with Crippen molar-refractivity contribution in [3.05, 3.63) is 28.3 Å². The first kappa shape index (κ1) is 12.2. The van der Waals surface area contributed by atoms with Crippen LogP contribution in [0.3, 0.4) is 0 Å². The van der Waals surface area contributed by atoms with Crippen LogP contribution in [-0.2, 0) is 11.3 Å². The molecule has 0 saturated carbocycles. The Kier molecular flexibility index (Phi) is 3.07. The van der Waals surface area contributed by atoms with Gasteiger partial charge in [-0.25, -0.2) is 9.79 Å². The van der Waals surface area contributed by atoms with Crippen molar-refractivity contribution in [1.82, 2.24) is 0 Å². The van der Waals surface area contributed by atoms with Crippen molar-refractivity contribution >= 4 is 35.2 Å². The zero-order valence-corrected chi connectivity index (χ0v) is 9.94. The Morgan fingerprint density at radius 1 is 1.33 bits per heavy atom. The molecule has 0 amide bonds. The molecular weight excluding hydrogens is 258 g/mol. The molecule has 8 heteroatoms. The van der Waals surface area contributed by atoms with Crippen molar-refractivity contribution in [2.75, 3.05) is 0 Å². The molecule has 0 radical (unpaired) electrons. The predicted octanol–water partition coefficient (Wildman–Crippen LogP) is 0.230. The van der Waals surface area contributed by atoms with Crippen molar-refractivity contribution < 1.29 is 9.53 Å². The lowest BCUT2D eigenvalue weighted by atomic mass is 10.1. The largest absolute Gasteiger partial charge is 0.457 e. The lowest BCUT2D eigenvalue weighted by Crippen LogP contribution is -2.26. The van der Waals surface area contributed by atoms with E-state index in [2.05, 4.69) is 9.98 Å². The number of carbonyl (C=O) groups is 1. The van der Waals surface area contributed by atoms with E-state index in [9.17, 15) is 4.79 Å². The van der Waals surface area contributed by atoms with Gasteiger partial charge in [-0.15, -0.1) is 0 Å². The molecule has 0 spiro atoms. The Bertz CT molecular complexity index is 578. The minimum Gasteiger partial charge on any atom is -0.457 e. The van der Waals surface area contributed by atoms with Crippen LogP contribution in [0.4, 0.5) is 5.69 Å². The first-order valence-electron chi connectivity index (χ1n) is 4.91. The number of benzene rings is 1. The summed E-state index contributed by atoms with van der Waals surface area (Å²) in [7, 11) is 0. The van der Waals surface area contributed by atoms with Crippen LogP contribution in [0.1, 0.15) is 15.9 Å². The van der Waals surface area contributed by atoms with Gasteiger partial charge in [0.15, 0.2) is 5.96 Å². The molecule has 1 aromatic carbocycles. The molecule has 0 fully saturated rings. The summed E-state index contributed by atoms with van der Waals surface area (Å²) in [6.45, 7) is 0.191. The molecule has 1 aliphatic rings. The number of nitrogens with zero attached hydrogens (tertiary/aromatic N) is 2. The fourth-order valence-electron chi connectivity index (χ4n) is 1.55. The van der Waals surface area contributed by atoms with Gasteiger partial charge < -0.3 is 21.9 Å². The maximum absolute atomic E-state index is 11.6. The minimum atomic E-state index is -0.497. The quantitative estimate of drug-likeness (QED) is 0.381. The van der Waals surface area contributed by atoms with E-state index in [1.807, 2.05) is 0 Å². The van der Waals surface area contributed by atoms with Gasteiger partial charge in [-0.1, -0.05) is 17.7 Å². The van der Waals surface area contributed by atoms with Gasteiger partial charge in [-0.3, -0.25) is 0 Å². The molecule has 0 aromatic heterocycles. The van der Waals surface area contributed by atoms with Gasteiger partial charge in [0.05, 0.1) is 10.6 Å². The zero-order valence-electron chi connectivity index (χ0n) is 9.18. The maximum atomic E-state index is 11.6. The molecule has 1 aromatic rings. The monoisotopic (exact) mass is 267 g/mol. The van der Waals surface area contributed by atoms with Crippen LogP contribution >= 0.6 is 11.6 Å². The average molecular weight is 268 g/mol. The molecule has 0 saturated heterocycles. The van der Waals surface area contributed by atoms with Gasteiger partial charge in [-0.2, -0.15) is 4.99 Å². The van der Waals surface area contributed by atoms with Crippen LogP contribution < -0.4 is 17.2 Å². The molecule has 1 aliphatic heterocycles. The van der Waals surface area contributed by atoms with E-state index in [1.165, 1.54) is 0 Å². The number of hydrogen-bond donors (Lipinski definition) is 3. The number of ether oxygens (including phenoxy) is 1. The van der Waals surface area contributed by atoms with E-state index < -0.39 is 5.97 Å². The van der Waals surface area contributed by atoms with Crippen LogP contribution in [0.25, 0.3) is 0 Å². The number of esters is 1.